The van der Waals surface area contributed by atoms with Gasteiger partial charge in [-0.15, -0.1) is 0 Å². The normalized spacial score (nSPS) is 10.1. The first kappa shape index (κ1) is 13.8. The van der Waals surface area contributed by atoms with Crippen molar-refractivity contribution < 1.29 is 9.59 Å². The summed E-state index contributed by atoms with van der Waals surface area (Å²) >= 11 is 0. The number of aromatic amines is 1. The van der Waals surface area contributed by atoms with Crippen molar-refractivity contribution in [3.05, 3.63) is 41.6 Å². The summed E-state index contributed by atoms with van der Waals surface area (Å²) in [5, 5.41) is 12.0. The van der Waals surface area contributed by atoms with Crippen LogP contribution in [0.15, 0.2) is 30.3 Å². The first-order chi connectivity index (χ1) is 9.58. The number of nitrogens with one attached hydrogen (secondary N) is 3. The highest BCUT2D eigenvalue weighted by molar-refractivity contribution is 6.00. The summed E-state index contributed by atoms with van der Waals surface area (Å²) in [6, 6.07) is 8.13. The highest BCUT2D eigenvalue weighted by Gasteiger charge is 2.07. The van der Waals surface area contributed by atoms with Gasteiger partial charge in [0.15, 0.2) is 11.6 Å². The van der Waals surface area contributed by atoms with Crippen LogP contribution >= 0.6 is 0 Å². The minimum Gasteiger partial charge on any atom is -0.308 e. The summed E-state index contributed by atoms with van der Waals surface area (Å²) < 4.78 is 0. The molecule has 0 radical (unpaired) electrons. The number of urea groups is 1. The number of hydrogen-bond acceptors (Lipinski definition) is 3. The molecule has 0 bridgehead atoms. The molecule has 104 valence electrons. The SMILES string of the molecule is CCc1cc(NC(=O)Nc2cccc(C(C)=O)c2)n[nH]1. The second kappa shape index (κ2) is 6.01. The van der Waals surface area contributed by atoms with Gasteiger partial charge in [-0.3, -0.25) is 15.2 Å². The number of carbonyl (C=O) groups is 2. The lowest BCUT2D eigenvalue weighted by Crippen LogP contribution is -2.19. The Morgan fingerprint density at radius 1 is 1.25 bits per heavy atom. The molecule has 0 aliphatic rings. The molecule has 3 N–H and O–H groups in total. The van der Waals surface area contributed by atoms with Gasteiger partial charge in [0.2, 0.25) is 0 Å². The van der Waals surface area contributed by atoms with Gasteiger partial charge in [0.25, 0.3) is 0 Å². The molecule has 2 amide bonds. The van der Waals surface area contributed by atoms with Crippen LogP contribution in [-0.4, -0.2) is 22.0 Å². The lowest BCUT2D eigenvalue weighted by atomic mass is 10.1. The third-order valence-corrected chi connectivity index (χ3v) is 2.78. The van der Waals surface area contributed by atoms with Crippen molar-refractivity contribution >= 4 is 23.3 Å². The first-order valence-corrected chi connectivity index (χ1v) is 6.31. The van der Waals surface area contributed by atoms with E-state index in [2.05, 4.69) is 20.8 Å². The Morgan fingerprint density at radius 3 is 2.70 bits per heavy atom. The molecule has 0 saturated carbocycles. The molecular formula is C14H16N4O2. The van der Waals surface area contributed by atoms with Crippen molar-refractivity contribution in [1.29, 1.82) is 0 Å². The zero-order valence-electron chi connectivity index (χ0n) is 11.4. The van der Waals surface area contributed by atoms with Crippen LogP contribution in [-0.2, 0) is 6.42 Å². The monoisotopic (exact) mass is 272 g/mol. The number of carbonyl (C=O) groups excluding carboxylic acids is 2. The number of H-pyrrole nitrogens is 1. The van der Waals surface area contributed by atoms with Crippen molar-refractivity contribution in [3.63, 3.8) is 0 Å². The van der Waals surface area contributed by atoms with Crippen molar-refractivity contribution in [3.8, 4) is 0 Å². The summed E-state index contributed by atoms with van der Waals surface area (Å²) in [6.45, 7) is 3.47. The van der Waals surface area contributed by atoms with Crippen molar-refractivity contribution in [2.75, 3.05) is 10.6 Å². The smallest absolute Gasteiger partial charge is 0.308 e. The molecule has 0 fully saturated rings. The van der Waals surface area contributed by atoms with Gasteiger partial charge in [0.1, 0.15) is 0 Å². The third-order valence-electron chi connectivity index (χ3n) is 2.78. The number of aryl methyl sites for hydroxylation is 1. The largest absolute Gasteiger partial charge is 0.324 e. The Morgan fingerprint density at radius 2 is 2.05 bits per heavy atom. The first-order valence-electron chi connectivity index (χ1n) is 6.31. The Balaban J connectivity index is 2.00. The zero-order chi connectivity index (χ0) is 14.5. The van der Waals surface area contributed by atoms with Crippen LogP contribution in [0.1, 0.15) is 29.9 Å². The van der Waals surface area contributed by atoms with Gasteiger partial charge < -0.3 is 5.32 Å². The van der Waals surface area contributed by atoms with Crippen LogP contribution < -0.4 is 10.6 Å². The third kappa shape index (κ3) is 3.44. The fourth-order valence-corrected chi connectivity index (χ4v) is 1.70. The molecular weight excluding hydrogens is 256 g/mol. The van der Waals surface area contributed by atoms with E-state index in [4.69, 9.17) is 0 Å². The Hall–Kier alpha value is -2.63. The van der Waals surface area contributed by atoms with Crippen LogP contribution in [0.3, 0.4) is 0 Å². The standard InChI is InChI=1S/C14H16N4O2/c1-3-11-8-13(18-17-11)16-14(20)15-12-6-4-5-10(7-12)9(2)19/h4-8H,3H2,1-2H3,(H3,15,16,17,18,20). The quantitative estimate of drug-likeness (QED) is 0.748. The van der Waals surface area contributed by atoms with E-state index in [1.807, 2.05) is 6.92 Å². The topological polar surface area (TPSA) is 86.9 Å². The van der Waals surface area contributed by atoms with Gasteiger partial charge in [0.05, 0.1) is 0 Å². The zero-order valence-corrected chi connectivity index (χ0v) is 11.4. The summed E-state index contributed by atoms with van der Waals surface area (Å²) in [7, 11) is 0. The highest BCUT2D eigenvalue weighted by Crippen LogP contribution is 2.12. The second-order valence-corrected chi connectivity index (χ2v) is 4.35. The van der Waals surface area contributed by atoms with E-state index >= 15 is 0 Å². The summed E-state index contributed by atoms with van der Waals surface area (Å²) in [6.07, 6.45) is 0.816. The van der Waals surface area contributed by atoms with Gasteiger partial charge >= 0.3 is 6.03 Å². The number of rotatable bonds is 4. The van der Waals surface area contributed by atoms with Gasteiger partial charge in [-0.1, -0.05) is 19.1 Å². The lowest BCUT2D eigenvalue weighted by Gasteiger charge is -2.06. The molecule has 0 unspecified atom stereocenters. The maximum absolute atomic E-state index is 11.8. The molecule has 2 aromatic rings. The Labute approximate surface area is 116 Å². The predicted octanol–water partition coefficient (Wildman–Crippen LogP) is 2.82. The minimum atomic E-state index is -0.403. The number of nitrogens with zero attached hydrogens (tertiary/aromatic N) is 1. The number of ketones is 1. The molecule has 6 nitrogen and oxygen atoms in total. The number of aromatic nitrogens is 2. The lowest BCUT2D eigenvalue weighted by molar-refractivity contribution is 0.101. The van der Waals surface area contributed by atoms with Crippen LogP contribution in [0.4, 0.5) is 16.3 Å². The average molecular weight is 272 g/mol. The van der Waals surface area contributed by atoms with E-state index < -0.39 is 6.03 Å². The molecule has 0 aliphatic carbocycles. The van der Waals surface area contributed by atoms with E-state index in [0.29, 0.717) is 17.1 Å². The molecule has 0 aliphatic heterocycles. The number of anilines is 2. The molecule has 1 aromatic heterocycles. The van der Waals surface area contributed by atoms with Gasteiger partial charge in [-0.05, 0) is 25.5 Å². The molecule has 2 rings (SSSR count). The maximum Gasteiger partial charge on any atom is 0.324 e. The van der Waals surface area contributed by atoms with Crippen LogP contribution in [0, 0.1) is 0 Å². The summed E-state index contributed by atoms with van der Waals surface area (Å²) in [5.41, 5.74) is 2.05. The Bertz CT molecular complexity index is 634. The van der Waals surface area contributed by atoms with E-state index in [9.17, 15) is 9.59 Å². The van der Waals surface area contributed by atoms with Crippen molar-refractivity contribution in [2.45, 2.75) is 20.3 Å². The van der Waals surface area contributed by atoms with Crippen molar-refractivity contribution in [2.24, 2.45) is 0 Å². The van der Waals surface area contributed by atoms with E-state index in [-0.39, 0.29) is 5.78 Å². The highest BCUT2D eigenvalue weighted by atomic mass is 16.2. The maximum atomic E-state index is 11.8. The number of hydrogen-bond donors (Lipinski definition) is 3. The minimum absolute atomic E-state index is 0.0473. The van der Waals surface area contributed by atoms with Gasteiger partial charge in [-0.2, -0.15) is 5.10 Å². The number of amides is 2. The Kier molecular flexibility index (Phi) is 4.14. The fourth-order valence-electron chi connectivity index (χ4n) is 1.70. The summed E-state index contributed by atoms with van der Waals surface area (Å²) in [4.78, 5) is 23.1. The van der Waals surface area contributed by atoms with Crippen LogP contribution in [0.2, 0.25) is 0 Å². The molecule has 20 heavy (non-hydrogen) atoms. The number of benzene rings is 1. The summed E-state index contributed by atoms with van der Waals surface area (Å²) in [5.74, 6) is 0.413. The molecule has 1 heterocycles. The fraction of sp³-hybridized carbons (Fsp3) is 0.214. The second-order valence-electron chi connectivity index (χ2n) is 4.35. The molecule has 0 saturated heterocycles. The van der Waals surface area contributed by atoms with Gasteiger partial charge in [-0.25, -0.2) is 4.79 Å². The van der Waals surface area contributed by atoms with Gasteiger partial charge in [0, 0.05) is 23.0 Å². The predicted molar refractivity (Wildman–Crippen MR) is 77.1 cm³/mol. The average Bonchev–Trinajstić information content (AvgIpc) is 2.86. The molecule has 1 aromatic carbocycles. The van der Waals surface area contributed by atoms with E-state index in [1.165, 1.54) is 6.92 Å². The van der Waals surface area contributed by atoms with Crippen molar-refractivity contribution in [1.82, 2.24) is 10.2 Å². The molecule has 0 spiro atoms. The number of Topliss-reactive ketones (excluding diaryl/α,β-unsaturated/α-hetero) is 1. The molecule has 6 heteroatoms. The van der Waals surface area contributed by atoms with E-state index in [0.717, 1.165) is 12.1 Å². The van der Waals surface area contributed by atoms with E-state index in [1.54, 1.807) is 30.3 Å². The van der Waals surface area contributed by atoms with Crippen LogP contribution in [0.5, 0.6) is 0 Å². The van der Waals surface area contributed by atoms with Crippen LogP contribution in [0.25, 0.3) is 0 Å². The molecule has 0 atom stereocenters.